The third-order valence-corrected chi connectivity index (χ3v) is 2.23. The summed E-state index contributed by atoms with van der Waals surface area (Å²) in [6.07, 6.45) is 1.91. The van der Waals surface area contributed by atoms with Gasteiger partial charge in [-0.2, -0.15) is 0 Å². The second kappa shape index (κ2) is 6.40. The fourth-order valence-corrected chi connectivity index (χ4v) is 1.56. The van der Waals surface area contributed by atoms with Gasteiger partial charge in [0.05, 0.1) is 0 Å². The number of nitrogen functional groups attached to an aromatic ring is 1. The molecule has 5 nitrogen and oxygen atoms in total. The Morgan fingerprint density at radius 1 is 1.44 bits per heavy atom. The van der Waals surface area contributed by atoms with Crippen LogP contribution in [0.15, 0.2) is 6.07 Å². The molecule has 1 rings (SSSR count). The molecule has 0 aliphatic rings. The molecule has 0 saturated carbocycles. The summed E-state index contributed by atoms with van der Waals surface area (Å²) < 4.78 is 5.63. The van der Waals surface area contributed by atoms with Crippen LogP contribution >= 0.6 is 0 Å². The summed E-state index contributed by atoms with van der Waals surface area (Å²) in [5, 5.41) is 0. The van der Waals surface area contributed by atoms with Gasteiger partial charge >= 0.3 is 0 Å². The number of rotatable bonds is 6. The Bertz CT molecular complexity index is 324. The second-order valence-corrected chi connectivity index (χ2v) is 3.63. The Balaban J connectivity index is 2.93. The Morgan fingerprint density at radius 3 is 2.75 bits per heavy atom. The fraction of sp³-hybridized carbons (Fsp3) is 0.636. The van der Waals surface area contributed by atoms with Crippen LogP contribution in [0.4, 0.5) is 5.82 Å². The number of hydrogen-bond donors (Lipinski definition) is 2. The van der Waals surface area contributed by atoms with Crippen molar-refractivity contribution in [2.45, 2.75) is 39.7 Å². The molecule has 5 heteroatoms. The maximum absolute atomic E-state index is 5.63. The number of nitrogens with one attached hydrogen (secondary N) is 1. The van der Waals surface area contributed by atoms with Crippen LogP contribution in [0.2, 0.25) is 0 Å². The summed E-state index contributed by atoms with van der Waals surface area (Å²) in [7, 11) is 0. The molecule has 90 valence electrons. The number of nitrogens with zero attached hydrogens (tertiary/aromatic N) is 2. The molecule has 0 amide bonds. The van der Waals surface area contributed by atoms with E-state index >= 15 is 0 Å². The van der Waals surface area contributed by atoms with E-state index in [9.17, 15) is 0 Å². The minimum absolute atomic E-state index is 0.0398. The van der Waals surface area contributed by atoms with E-state index in [-0.39, 0.29) is 6.10 Å². The minimum Gasteiger partial charge on any atom is -0.371 e. The van der Waals surface area contributed by atoms with Gasteiger partial charge in [0.25, 0.3) is 0 Å². The molecule has 1 unspecified atom stereocenters. The van der Waals surface area contributed by atoms with Crippen LogP contribution in [0.3, 0.4) is 0 Å². The van der Waals surface area contributed by atoms with E-state index in [1.165, 1.54) is 0 Å². The number of hydrogen-bond acceptors (Lipinski definition) is 5. The summed E-state index contributed by atoms with van der Waals surface area (Å²) in [6.45, 7) is 6.67. The molecule has 0 aliphatic heterocycles. The zero-order valence-corrected chi connectivity index (χ0v) is 10.2. The van der Waals surface area contributed by atoms with Crippen molar-refractivity contribution >= 4 is 5.82 Å². The van der Waals surface area contributed by atoms with Crippen molar-refractivity contribution in [2.24, 2.45) is 5.84 Å². The zero-order chi connectivity index (χ0) is 12.0. The lowest BCUT2D eigenvalue weighted by atomic mass is 10.2. The van der Waals surface area contributed by atoms with Gasteiger partial charge < -0.3 is 10.2 Å². The maximum atomic E-state index is 5.63. The van der Waals surface area contributed by atoms with Gasteiger partial charge in [-0.3, -0.25) is 0 Å². The van der Waals surface area contributed by atoms with Crippen molar-refractivity contribution in [2.75, 3.05) is 12.0 Å². The largest absolute Gasteiger partial charge is 0.371 e. The number of aromatic nitrogens is 2. The topological polar surface area (TPSA) is 73.1 Å². The van der Waals surface area contributed by atoms with Crippen molar-refractivity contribution < 1.29 is 4.74 Å². The lowest BCUT2D eigenvalue weighted by Crippen LogP contribution is -2.14. The van der Waals surface area contributed by atoms with Gasteiger partial charge in [-0.1, -0.05) is 13.3 Å². The predicted molar refractivity (Wildman–Crippen MR) is 63.9 cm³/mol. The Labute approximate surface area is 96.4 Å². The quantitative estimate of drug-likeness (QED) is 0.570. The summed E-state index contributed by atoms with van der Waals surface area (Å²) >= 11 is 0. The standard InChI is InChI=1S/C11H20N4O/c1-4-6-9(16-5-2)11-13-8(3)7-10(14-11)15-12/h7,9H,4-6,12H2,1-3H3,(H,13,14,15). The third kappa shape index (κ3) is 3.43. The van der Waals surface area contributed by atoms with Gasteiger partial charge in [0.2, 0.25) is 0 Å². The number of nitrogens with two attached hydrogens (primary N) is 1. The van der Waals surface area contributed by atoms with Crippen LogP contribution in [0.1, 0.15) is 44.3 Å². The average molecular weight is 224 g/mol. The van der Waals surface area contributed by atoms with E-state index in [4.69, 9.17) is 10.6 Å². The van der Waals surface area contributed by atoms with E-state index in [0.29, 0.717) is 18.2 Å². The van der Waals surface area contributed by atoms with Crippen LogP contribution in [-0.4, -0.2) is 16.6 Å². The highest BCUT2D eigenvalue weighted by Crippen LogP contribution is 2.20. The number of hydrazine groups is 1. The van der Waals surface area contributed by atoms with E-state index in [0.717, 1.165) is 18.5 Å². The first-order valence-electron chi connectivity index (χ1n) is 5.65. The fourth-order valence-electron chi connectivity index (χ4n) is 1.56. The van der Waals surface area contributed by atoms with Crippen LogP contribution in [-0.2, 0) is 4.74 Å². The highest BCUT2D eigenvalue weighted by Gasteiger charge is 2.14. The van der Waals surface area contributed by atoms with E-state index in [1.54, 1.807) is 6.07 Å². The molecule has 1 heterocycles. The van der Waals surface area contributed by atoms with Crippen molar-refractivity contribution in [1.82, 2.24) is 9.97 Å². The number of anilines is 1. The van der Waals surface area contributed by atoms with Crippen LogP contribution in [0.25, 0.3) is 0 Å². The van der Waals surface area contributed by atoms with E-state index in [2.05, 4.69) is 22.3 Å². The molecule has 3 N–H and O–H groups in total. The summed E-state index contributed by atoms with van der Waals surface area (Å²) in [6, 6.07) is 1.80. The highest BCUT2D eigenvalue weighted by atomic mass is 16.5. The van der Waals surface area contributed by atoms with Crippen LogP contribution in [0, 0.1) is 6.92 Å². The second-order valence-electron chi connectivity index (χ2n) is 3.63. The molecule has 0 aliphatic carbocycles. The minimum atomic E-state index is -0.0398. The summed E-state index contributed by atoms with van der Waals surface area (Å²) in [5.74, 6) is 6.69. The average Bonchev–Trinajstić information content (AvgIpc) is 2.28. The van der Waals surface area contributed by atoms with Crippen LogP contribution in [0.5, 0.6) is 0 Å². The smallest absolute Gasteiger partial charge is 0.159 e. The summed E-state index contributed by atoms with van der Waals surface area (Å²) in [4.78, 5) is 8.71. The third-order valence-electron chi connectivity index (χ3n) is 2.23. The van der Waals surface area contributed by atoms with Gasteiger partial charge in [-0.15, -0.1) is 0 Å². The molecular weight excluding hydrogens is 204 g/mol. The Kier molecular flexibility index (Phi) is 5.14. The highest BCUT2D eigenvalue weighted by molar-refractivity contribution is 5.34. The normalized spacial score (nSPS) is 12.5. The molecular formula is C11H20N4O. The summed E-state index contributed by atoms with van der Waals surface area (Å²) in [5.41, 5.74) is 3.43. The molecule has 0 fully saturated rings. The molecule has 0 saturated heterocycles. The Hall–Kier alpha value is -1.20. The van der Waals surface area contributed by atoms with Crippen molar-refractivity contribution in [1.29, 1.82) is 0 Å². The van der Waals surface area contributed by atoms with Gasteiger partial charge in [-0.25, -0.2) is 15.8 Å². The van der Waals surface area contributed by atoms with Gasteiger partial charge in [0.15, 0.2) is 5.82 Å². The molecule has 1 atom stereocenters. The van der Waals surface area contributed by atoms with Gasteiger partial charge in [0.1, 0.15) is 11.9 Å². The lowest BCUT2D eigenvalue weighted by molar-refractivity contribution is 0.0493. The van der Waals surface area contributed by atoms with Crippen molar-refractivity contribution in [3.8, 4) is 0 Å². The maximum Gasteiger partial charge on any atom is 0.159 e. The zero-order valence-electron chi connectivity index (χ0n) is 10.2. The molecule has 0 bridgehead atoms. The van der Waals surface area contributed by atoms with E-state index in [1.807, 2.05) is 13.8 Å². The Morgan fingerprint density at radius 2 is 2.19 bits per heavy atom. The first-order valence-corrected chi connectivity index (χ1v) is 5.65. The molecule has 0 spiro atoms. The first kappa shape index (κ1) is 12.9. The first-order chi connectivity index (χ1) is 7.71. The molecule has 1 aromatic rings. The van der Waals surface area contributed by atoms with E-state index < -0.39 is 0 Å². The van der Waals surface area contributed by atoms with Crippen molar-refractivity contribution in [3.05, 3.63) is 17.6 Å². The molecule has 0 radical (unpaired) electrons. The SMILES string of the molecule is CCCC(OCC)c1nc(C)cc(NN)n1. The predicted octanol–water partition coefficient (Wildman–Crippen LogP) is 1.95. The number of aryl methyl sites for hydroxylation is 1. The lowest BCUT2D eigenvalue weighted by Gasteiger charge is -2.15. The van der Waals surface area contributed by atoms with Gasteiger partial charge in [0, 0.05) is 18.4 Å². The van der Waals surface area contributed by atoms with Crippen LogP contribution < -0.4 is 11.3 Å². The van der Waals surface area contributed by atoms with Gasteiger partial charge in [-0.05, 0) is 20.3 Å². The molecule has 16 heavy (non-hydrogen) atoms. The molecule has 0 aromatic carbocycles. The van der Waals surface area contributed by atoms with Crippen molar-refractivity contribution in [3.63, 3.8) is 0 Å². The number of ether oxygens (including phenoxy) is 1. The monoisotopic (exact) mass is 224 g/mol. The molecule has 1 aromatic heterocycles.